The lowest BCUT2D eigenvalue weighted by molar-refractivity contribution is -0.384. The highest BCUT2D eigenvalue weighted by Crippen LogP contribution is 2.34. The van der Waals surface area contributed by atoms with E-state index in [9.17, 15) is 23.3 Å². The van der Waals surface area contributed by atoms with Gasteiger partial charge in [0.2, 0.25) is 0 Å². The Morgan fingerprint density at radius 3 is 2.44 bits per heavy atom. The molecule has 1 aromatic carbocycles. The van der Waals surface area contributed by atoms with E-state index in [2.05, 4.69) is 4.74 Å². The largest absolute Gasteiger partial charge is 0.573 e. The minimum atomic E-state index is -4.86. The molecule has 0 radical (unpaired) electrons. The molecule has 4 nitrogen and oxygen atoms in total. The van der Waals surface area contributed by atoms with E-state index in [1.54, 1.807) is 0 Å². The number of rotatable bonds is 2. The third kappa shape index (κ3) is 2.99. The summed E-state index contributed by atoms with van der Waals surface area (Å²) in [6.45, 7) is 1.25. The van der Waals surface area contributed by atoms with Gasteiger partial charge in [-0.25, -0.2) is 0 Å². The van der Waals surface area contributed by atoms with Crippen molar-refractivity contribution in [1.29, 1.82) is 0 Å². The van der Waals surface area contributed by atoms with Gasteiger partial charge in [-0.3, -0.25) is 10.1 Å². The Morgan fingerprint density at radius 2 is 2.00 bits per heavy atom. The summed E-state index contributed by atoms with van der Waals surface area (Å²) in [7, 11) is 0. The zero-order chi connectivity index (χ0) is 12.5. The number of ether oxygens (including phenoxy) is 1. The first-order chi connectivity index (χ1) is 7.20. The minimum Gasteiger partial charge on any atom is -0.405 e. The van der Waals surface area contributed by atoms with Crippen LogP contribution in [0.1, 0.15) is 5.56 Å². The Bertz CT molecular complexity index is 433. The predicted molar refractivity (Wildman–Crippen MR) is 49.5 cm³/mol. The van der Waals surface area contributed by atoms with Crippen LogP contribution in [0.5, 0.6) is 5.75 Å². The second-order valence-electron chi connectivity index (χ2n) is 2.87. The summed E-state index contributed by atoms with van der Waals surface area (Å²) in [6.07, 6.45) is -4.86. The van der Waals surface area contributed by atoms with Gasteiger partial charge in [-0.1, -0.05) is 11.6 Å². The monoisotopic (exact) mass is 255 g/mol. The molecule has 0 aromatic heterocycles. The molecular formula is C8H5ClF3NO3. The fourth-order valence-electron chi connectivity index (χ4n) is 1.02. The molecule has 0 N–H and O–H groups in total. The molecule has 0 amide bonds. The van der Waals surface area contributed by atoms with Crippen molar-refractivity contribution in [3.63, 3.8) is 0 Å². The molecular weight excluding hydrogens is 251 g/mol. The Labute approximate surface area is 92.7 Å². The van der Waals surface area contributed by atoms with E-state index in [-0.39, 0.29) is 5.56 Å². The summed E-state index contributed by atoms with van der Waals surface area (Å²) >= 11 is 5.44. The first kappa shape index (κ1) is 12.6. The molecule has 1 rings (SSSR count). The molecule has 0 saturated heterocycles. The smallest absolute Gasteiger partial charge is 0.405 e. The third-order valence-electron chi connectivity index (χ3n) is 1.67. The lowest BCUT2D eigenvalue weighted by Crippen LogP contribution is -2.17. The van der Waals surface area contributed by atoms with Gasteiger partial charge < -0.3 is 4.74 Å². The van der Waals surface area contributed by atoms with E-state index in [1.165, 1.54) is 6.92 Å². The zero-order valence-corrected chi connectivity index (χ0v) is 8.59. The fraction of sp³-hybridized carbons (Fsp3) is 0.250. The number of hydrogen-bond acceptors (Lipinski definition) is 3. The van der Waals surface area contributed by atoms with Crippen LogP contribution in [0.3, 0.4) is 0 Å². The Morgan fingerprint density at radius 1 is 1.44 bits per heavy atom. The molecule has 0 heterocycles. The maximum atomic E-state index is 11.9. The van der Waals surface area contributed by atoms with Gasteiger partial charge in [-0.05, 0) is 12.5 Å². The molecule has 0 unspecified atom stereocenters. The van der Waals surface area contributed by atoms with E-state index < -0.39 is 27.7 Å². The standard InChI is InChI=1S/C8H5ClF3NO3/c1-4-2-6(13(14)15)5(9)3-7(4)16-8(10,11)12/h2-3H,1H3. The number of hydrogen-bond donors (Lipinski definition) is 0. The number of halogens is 4. The molecule has 0 aliphatic carbocycles. The molecule has 16 heavy (non-hydrogen) atoms. The van der Waals surface area contributed by atoms with Gasteiger partial charge in [-0.2, -0.15) is 0 Å². The molecule has 0 bridgehead atoms. The lowest BCUT2D eigenvalue weighted by Gasteiger charge is -2.11. The molecule has 0 saturated carbocycles. The van der Waals surface area contributed by atoms with Crippen LogP contribution >= 0.6 is 11.6 Å². The van der Waals surface area contributed by atoms with Gasteiger partial charge in [0, 0.05) is 12.1 Å². The second-order valence-corrected chi connectivity index (χ2v) is 3.28. The highest BCUT2D eigenvalue weighted by atomic mass is 35.5. The van der Waals surface area contributed by atoms with Gasteiger partial charge in [0.05, 0.1) is 4.92 Å². The first-order valence-corrected chi connectivity index (χ1v) is 4.29. The average molecular weight is 256 g/mol. The summed E-state index contributed by atoms with van der Waals surface area (Å²) in [5.74, 6) is -0.553. The van der Waals surface area contributed by atoms with Crippen LogP contribution in [0, 0.1) is 17.0 Å². The second kappa shape index (κ2) is 4.17. The normalized spacial score (nSPS) is 11.3. The number of benzene rings is 1. The van der Waals surface area contributed by atoms with E-state index in [1.807, 2.05) is 0 Å². The highest BCUT2D eigenvalue weighted by molar-refractivity contribution is 6.32. The summed E-state index contributed by atoms with van der Waals surface area (Å²) in [6, 6.07) is 1.69. The van der Waals surface area contributed by atoms with Gasteiger partial charge >= 0.3 is 6.36 Å². The van der Waals surface area contributed by atoms with Crippen molar-refractivity contribution in [3.05, 3.63) is 32.8 Å². The summed E-state index contributed by atoms with van der Waals surface area (Å²) < 4.78 is 39.4. The van der Waals surface area contributed by atoms with Crippen LogP contribution in [-0.2, 0) is 0 Å². The molecule has 1 aromatic rings. The lowest BCUT2D eigenvalue weighted by atomic mass is 10.2. The van der Waals surface area contributed by atoms with E-state index in [0.717, 1.165) is 12.1 Å². The van der Waals surface area contributed by atoms with Gasteiger partial charge in [0.15, 0.2) is 0 Å². The van der Waals surface area contributed by atoms with Gasteiger partial charge in [0.1, 0.15) is 10.8 Å². The van der Waals surface area contributed by atoms with Crippen molar-refractivity contribution in [2.75, 3.05) is 0 Å². The van der Waals surface area contributed by atoms with Gasteiger partial charge in [0.25, 0.3) is 5.69 Å². The van der Waals surface area contributed by atoms with Crippen LogP contribution in [0.2, 0.25) is 5.02 Å². The number of nitrogens with zero attached hydrogens (tertiary/aromatic N) is 1. The van der Waals surface area contributed by atoms with Crippen molar-refractivity contribution in [1.82, 2.24) is 0 Å². The number of nitro groups is 1. The van der Waals surface area contributed by atoms with E-state index >= 15 is 0 Å². The summed E-state index contributed by atoms with van der Waals surface area (Å²) in [5, 5.41) is 10.0. The molecule has 88 valence electrons. The average Bonchev–Trinajstić information content (AvgIpc) is 2.07. The van der Waals surface area contributed by atoms with Crippen LogP contribution in [-0.4, -0.2) is 11.3 Å². The van der Waals surface area contributed by atoms with Gasteiger partial charge in [-0.15, -0.1) is 13.2 Å². The number of nitro benzene ring substituents is 1. The maximum absolute atomic E-state index is 11.9. The topological polar surface area (TPSA) is 52.4 Å². The fourth-order valence-corrected chi connectivity index (χ4v) is 1.25. The van der Waals surface area contributed by atoms with E-state index in [0.29, 0.717) is 0 Å². The first-order valence-electron chi connectivity index (χ1n) is 3.91. The van der Waals surface area contributed by atoms with Crippen molar-refractivity contribution >= 4 is 17.3 Å². The van der Waals surface area contributed by atoms with E-state index in [4.69, 9.17) is 11.6 Å². The Balaban J connectivity index is 3.16. The summed E-state index contributed by atoms with van der Waals surface area (Å²) in [5.41, 5.74) is -0.484. The summed E-state index contributed by atoms with van der Waals surface area (Å²) in [4.78, 5) is 9.64. The molecule has 0 aliphatic heterocycles. The van der Waals surface area contributed by atoms with Crippen LogP contribution in [0.25, 0.3) is 0 Å². The van der Waals surface area contributed by atoms with Crippen LogP contribution in [0.4, 0.5) is 18.9 Å². The third-order valence-corrected chi connectivity index (χ3v) is 1.97. The number of aryl methyl sites for hydroxylation is 1. The van der Waals surface area contributed by atoms with Crippen LogP contribution < -0.4 is 4.74 Å². The Kier molecular flexibility index (Phi) is 3.27. The molecule has 0 aliphatic rings. The van der Waals surface area contributed by atoms with Crippen LogP contribution in [0.15, 0.2) is 12.1 Å². The molecule has 0 atom stereocenters. The molecule has 0 spiro atoms. The highest BCUT2D eigenvalue weighted by Gasteiger charge is 2.32. The minimum absolute atomic E-state index is 0.0200. The van der Waals surface area contributed by atoms with Crippen molar-refractivity contribution < 1.29 is 22.8 Å². The zero-order valence-electron chi connectivity index (χ0n) is 7.84. The van der Waals surface area contributed by atoms with Crippen molar-refractivity contribution in [2.45, 2.75) is 13.3 Å². The number of alkyl halides is 3. The Hall–Kier alpha value is -1.50. The molecule has 8 heteroatoms. The van der Waals surface area contributed by atoms with Crippen molar-refractivity contribution in [2.24, 2.45) is 0 Å². The predicted octanol–water partition coefficient (Wildman–Crippen LogP) is 3.46. The quantitative estimate of drug-likeness (QED) is 0.601. The molecule has 0 fully saturated rings. The maximum Gasteiger partial charge on any atom is 0.573 e. The van der Waals surface area contributed by atoms with Crippen molar-refractivity contribution in [3.8, 4) is 5.75 Å². The SMILES string of the molecule is Cc1cc([N+](=O)[O-])c(Cl)cc1OC(F)(F)F.